The van der Waals surface area contributed by atoms with Crippen molar-refractivity contribution in [2.75, 3.05) is 0 Å². The lowest BCUT2D eigenvalue weighted by Gasteiger charge is -2.28. The van der Waals surface area contributed by atoms with Crippen molar-refractivity contribution in [3.63, 3.8) is 0 Å². The fraction of sp³-hybridized carbons (Fsp3) is 0.529. The van der Waals surface area contributed by atoms with Crippen molar-refractivity contribution in [2.24, 2.45) is 0 Å². The third-order valence-electron chi connectivity index (χ3n) is 4.76. The first kappa shape index (κ1) is 14.9. The molecule has 22 heavy (non-hydrogen) atoms. The van der Waals surface area contributed by atoms with Crippen LogP contribution < -0.4 is 5.32 Å². The van der Waals surface area contributed by atoms with Crippen LogP contribution in [0.25, 0.3) is 0 Å². The Kier molecular flexibility index (Phi) is 4.05. The molecule has 0 saturated carbocycles. The number of amides is 2. The molecule has 2 N–H and O–H groups in total. The summed E-state index contributed by atoms with van der Waals surface area (Å²) in [5.41, 5.74) is 0.927. The number of carbonyl (C=O) groups is 2. The van der Waals surface area contributed by atoms with Crippen LogP contribution in [-0.2, 0) is 16.0 Å². The van der Waals surface area contributed by atoms with Crippen LogP contribution in [0.5, 0.6) is 5.75 Å². The lowest BCUT2D eigenvalue weighted by atomic mass is 10.0. The second-order valence-corrected chi connectivity index (χ2v) is 6.33. The Morgan fingerprint density at radius 1 is 1.18 bits per heavy atom. The standard InChI is InChI=1S/C17H22N2O3/c1-11(20)18-16(10-12-2-8-15(21)9-3-12)17(22)19-13-4-5-14(19)7-6-13/h2-3,8-9,13-14,16,21H,4-7,10H2,1H3,(H,18,20)/t13?,14?,16-/m0/s1. The van der Waals surface area contributed by atoms with E-state index in [9.17, 15) is 14.7 Å². The van der Waals surface area contributed by atoms with Crippen molar-refractivity contribution in [3.8, 4) is 5.75 Å². The lowest BCUT2D eigenvalue weighted by molar-refractivity contribution is -0.137. The molecule has 2 bridgehead atoms. The highest BCUT2D eigenvalue weighted by atomic mass is 16.3. The predicted molar refractivity (Wildman–Crippen MR) is 82.3 cm³/mol. The molecule has 1 atom stereocenters. The molecule has 1 aromatic carbocycles. The van der Waals surface area contributed by atoms with E-state index in [1.54, 1.807) is 24.3 Å². The molecular weight excluding hydrogens is 280 g/mol. The van der Waals surface area contributed by atoms with Gasteiger partial charge in [0.05, 0.1) is 0 Å². The van der Waals surface area contributed by atoms with Gasteiger partial charge in [-0.3, -0.25) is 9.59 Å². The first-order chi connectivity index (χ1) is 10.5. The number of nitrogens with zero attached hydrogens (tertiary/aromatic N) is 1. The molecule has 2 fully saturated rings. The molecule has 0 unspecified atom stereocenters. The summed E-state index contributed by atoms with van der Waals surface area (Å²) in [7, 11) is 0. The third-order valence-corrected chi connectivity index (χ3v) is 4.76. The molecule has 0 radical (unpaired) electrons. The summed E-state index contributed by atoms with van der Waals surface area (Å²) >= 11 is 0. The molecule has 2 saturated heterocycles. The topological polar surface area (TPSA) is 69.6 Å². The zero-order chi connectivity index (χ0) is 15.7. The Bertz CT molecular complexity index is 550. The van der Waals surface area contributed by atoms with Crippen LogP contribution >= 0.6 is 0 Å². The normalized spacial score (nSPS) is 24.3. The quantitative estimate of drug-likeness (QED) is 0.887. The van der Waals surface area contributed by atoms with Gasteiger partial charge in [-0.05, 0) is 43.4 Å². The molecule has 1 aromatic rings. The SMILES string of the molecule is CC(=O)N[C@@H](Cc1ccc(O)cc1)C(=O)N1C2CCC1CC2. The summed E-state index contributed by atoms with van der Waals surface area (Å²) in [6.45, 7) is 1.44. The van der Waals surface area contributed by atoms with Gasteiger partial charge >= 0.3 is 0 Å². The summed E-state index contributed by atoms with van der Waals surface area (Å²) in [6, 6.07) is 6.96. The molecule has 2 amide bonds. The monoisotopic (exact) mass is 302 g/mol. The number of carbonyl (C=O) groups excluding carboxylic acids is 2. The second-order valence-electron chi connectivity index (χ2n) is 6.33. The average molecular weight is 302 g/mol. The van der Waals surface area contributed by atoms with E-state index in [2.05, 4.69) is 5.32 Å². The maximum absolute atomic E-state index is 12.9. The van der Waals surface area contributed by atoms with Gasteiger partial charge in [0.15, 0.2) is 0 Å². The van der Waals surface area contributed by atoms with E-state index in [1.807, 2.05) is 4.90 Å². The maximum Gasteiger partial charge on any atom is 0.245 e. The van der Waals surface area contributed by atoms with E-state index in [4.69, 9.17) is 0 Å². The zero-order valence-electron chi connectivity index (χ0n) is 12.8. The third kappa shape index (κ3) is 2.93. The van der Waals surface area contributed by atoms with Gasteiger partial charge in [-0.1, -0.05) is 12.1 Å². The fourth-order valence-corrected chi connectivity index (χ4v) is 3.77. The number of hydrogen-bond acceptors (Lipinski definition) is 3. The Hall–Kier alpha value is -2.04. The van der Waals surface area contributed by atoms with Crippen molar-refractivity contribution in [2.45, 2.75) is 57.2 Å². The van der Waals surface area contributed by atoms with Gasteiger partial charge in [0.25, 0.3) is 0 Å². The molecule has 0 spiro atoms. The second kappa shape index (κ2) is 5.99. The molecule has 5 heteroatoms. The lowest BCUT2D eigenvalue weighted by Crippen LogP contribution is -2.50. The van der Waals surface area contributed by atoms with Gasteiger partial charge < -0.3 is 15.3 Å². The minimum atomic E-state index is -0.525. The molecule has 2 aliphatic heterocycles. The van der Waals surface area contributed by atoms with Crippen molar-refractivity contribution >= 4 is 11.8 Å². The van der Waals surface area contributed by atoms with Crippen LogP contribution in [0.4, 0.5) is 0 Å². The molecule has 118 valence electrons. The molecular formula is C17H22N2O3. The molecule has 0 aromatic heterocycles. The highest BCUT2D eigenvalue weighted by Gasteiger charge is 2.44. The Morgan fingerprint density at radius 2 is 1.73 bits per heavy atom. The van der Waals surface area contributed by atoms with Gasteiger partial charge in [-0.2, -0.15) is 0 Å². The largest absolute Gasteiger partial charge is 0.508 e. The molecule has 2 aliphatic rings. The predicted octanol–water partition coefficient (Wildman–Crippen LogP) is 1.59. The van der Waals surface area contributed by atoms with Crippen molar-refractivity contribution in [1.82, 2.24) is 10.2 Å². The smallest absolute Gasteiger partial charge is 0.245 e. The Labute approximate surface area is 130 Å². The highest BCUT2D eigenvalue weighted by molar-refractivity contribution is 5.88. The van der Waals surface area contributed by atoms with E-state index in [-0.39, 0.29) is 17.6 Å². The first-order valence-electron chi connectivity index (χ1n) is 7.92. The van der Waals surface area contributed by atoms with Gasteiger partial charge in [0, 0.05) is 25.4 Å². The van der Waals surface area contributed by atoms with Crippen LogP contribution in [0, 0.1) is 0 Å². The van der Waals surface area contributed by atoms with E-state index >= 15 is 0 Å². The number of phenolic OH excluding ortho intramolecular Hbond substituents is 1. The molecule has 0 aliphatic carbocycles. The first-order valence-corrected chi connectivity index (χ1v) is 7.92. The average Bonchev–Trinajstić information content (AvgIpc) is 3.07. The zero-order valence-corrected chi connectivity index (χ0v) is 12.8. The summed E-state index contributed by atoms with van der Waals surface area (Å²) in [5, 5.41) is 12.1. The number of benzene rings is 1. The van der Waals surface area contributed by atoms with Crippen molar-refractivity contribution < 1.29 is 14.7 Å². The fourth-order valence-electron chi connectivity index (χ4n) is 3.77. The van der Waals surface area contributed by atoms with Crippen molar-refractivity contribution in [3.05, 3.63) is 29.8 Å². The summed E-state index contributed by atoms with van der Waals surface area (Å²) in [5.74, 6) is 0.0423. The van der Waals surface area contributed by atoms with Gasteiger partial charge in [-0.15, -0.1) is 0 Å². The summed E-state index contributed by atoms with van der Waals surface area (Å²) < 4.78 is 0. The number of rotatable bonds is 4. The van der Waals surface area contributed by atoms with E-state index in [0.717, 1.165) is 31.2 Å². The number of nitrogens with one attached hydrogen (secondary N) is 1. The number of phenols is 1. The number of fused-ring (bicyclic) bond motifs is 2. The molecule has 3 rings (SSSR count). The van der Waals surface area contributed by atoms with Crippen LogP contribution in [0.1, 0.15) is 38.2 Å². The van der Waals surface area contributed by atoms with Crippen LogP contribution in [0.15, 0.2) is 24.3 Å². The van der Waals surface area contributed by atoms with Crippen molar-refractivity contribution in [1.29, 1.82) is 0 Å². The van der Waals surface area contributed by atoms with Crippen LogP contribution in [0.3, 0.4) is 0 Å². The van der Waals surface area contributed by atoms with E-state index in [0.29, 0.717) is 18.5 Å². The van der Waals surface area contributed by atoms with Gasteiger partial charge in [0.1, 0.15) is 11.8 Å². The summed E-state index contributed by atoms with van der Waals surface area (Å²) in [6.07, 6.45) is 4.80. The van der Waals surface area contributed by atoms with E-state index < -0.39 is 6.04 Å². The van der Waals surface area contributed by atoms with Gasteiger partial charge in [-0.25, -0.2) is 0 Å². The molecule has 5 nitrogen and oxygen atoms in total. The highest BCUT2D eigenvalue weighted by Crippen LogP contribution is 2.37. The van der Waals surface area contributed by atoms with Gasteiger partial charge in [0.2, 0.25) is 11.8 Å². The molecule has 2 heterocycles. The van der Waals surface area contributed by atoms with Crippen LogP contribution in [-0.4, -0.2) is 39.9 Å². The Morgan fingerprint density at radius 3 is 2.23 bits per heavy atom. The minimum Gasteiger partial charge on any atom is -0.508 e. The van der Waals surface area contributed by atoms with E-state index in [1.165, 1.54) is 6.92 Å². The Balaban J connectivity index is 1.75. The number of hydrogen-bond donors (Lipinski definition) is 2. The van der Waals surface area contributed by atoms with Crippen LogP contribution in [0.2, 0.25) is 0 Å². The maximum atomic E-state index is 12.9. The minimum absolute atomic E-state index is 0.0354. The number of aromatic hydroxyl groups is 1. The summed E-state index contributed by atoms with van der Waals surface area (Å²) in [4.78, 5) is 26.4.